The van der Waals surface area contributed by atoms with Crippen molar-refractivity contribution in [1.82, 2.24) is 9.97 Å². The quantitative estimate of drug-likeness (QED) is 0.118. The lowest BCUT2D eigenvalue weighted by Crippen LogP contribution is -2.25. The number of alkyl halides is 4. The van der Waals surface area contributed by atoms with E-state index in [4.69, 9.17) is 0 Å². The summed E-state index contributed by atoms with van der Waals surface area (Å²) in [6, 6.07) is 4.63. The minimum absolute atomic E-state index is 0.0390. The summed E-state index contributed by atoms with van der Waals surface area (Å²) < 4.78 is 132. The maximum atomic E-state index is 15.2. The van der Waals surface area contributed by atoms with Crippen LogP contribution in [0.2, 0.25) is 0 Å². The zero-order valence-corrected chi connectivity index (χ0v) is 25.3. The molecule has 1 aromatic heterocycles. The van der Waals surface area contributed by atoms with Crippen molar-refractivity contribution in [3.05, 3.63) is 101 Å². The van der Waals surface area contributed by atoms with Crippen molar-refractivity contribution in [2.75, 3.05) is 0 Å². The molecule has 4 aromatic rings. The SMILES string of the molecule is CCCCCC1CCC(c2cnc(-c3ccc(-c4cc(F)c(C(F)(F)Oc5cc(F)c(C(F)F)c(F)c5)c(F)c4)c(F)c3)nc2)CC1. The Hall–Kier alpha value is -4.09. The second-order valence-electron chi connectivity index (χ2n) is 11.8. The van der Waals surface area contributed by atoms with Gasteiger partial charge in [0.1, 0.15) is 40.4 Å². The van der Waals surface area contributed by atoms with Crippen molar-refractivity contribution in [2.24, 2.45) is 5.92 Å². The van der Waals surface area contributed by atoms with Gasteiger partial charge in [0.25, 0.3) is 6.43 Å². The molecule has 0 aliphatic heterocycles. The van der Waals surface area contributed by atoms with Crippen molar-refractivity contribution in [1.29, 1.82) is 0 Å². The highest BCUT2D eigenvalue weighted by molar-refractivity contribution is 5.69. The molecule has 5 rings (SSSR count). The van der Waals surface area contributed by atoms with Gasteiger partial charge in [0, 0.05) is 35.7 Å². The summed E-state index contributed by atoms with van der Waals surface area (Å²) in [5, 5.41) is 0. The smallest absolute Gasteiger partial charge is 0.429 e. The third-order valence-corrected chi connectivity index (χ3v) is 8.59. The normalized spacial score (nSPS) is 16.9. The lowest BCUT2D eigenvalue weighted by Gasteiger charge is -2.28. The van der Waals surface area contributed by atoms with Crippen LogP contribution in [-0.2, 0) is 6.11 Å². The van der Waals surface area contributed by atoms with Gasteiger partial charge in [-0.05, 0) is 66.8 Å². The molecule has 3 aromatic carbocycles. The summed E-state index contributed by atoms with van der Waals surface area (Å²) in [4.78, 5) is 8.79. The van der Waals surface area contributed by atoms with Gasteiger partial charge >= 0.3 is 6.11 Å². The molecule has 1 aliphatic carbocycles. The average molecular weight is 667 g/mol. The van der Waals surface area contributed by atoms with Crippen LogP contribution in [0.5, 0.6) is 5.75 Å². The zero-order chi connectivity index (χ0) is 33.9. The Labute approximate surface area is 265 Å². The Morgan fingerprint density at radius 1 is 0.766 bits per heavy atom. The van der Waals surface area contributed by atoms with Crippen LogP contribution >= 0.6 is 0 Å². The minimum atomic E-state index is -4.84. The fourth-order valence-corrected chi connectivity index (χ4v) is 6.09. The van der Waals surface area contributed by atoms with Crippen molar-refractivity contribution in [2.45, 2.75) is 76.7 Å². The first kappa shape index (κ1) is 34.3. The molecule has 1 aliphatic rings. The van der Waals surface area contributed by atoms with Crippen LogP contribution in [0, 0.1) is 35.0 Å². The summed E-state index contributed by atoms with van der Waals surface area (Å²) in [6.07, 6.45) is 4.42. The molecule has 0 amide bonds. The standard InChI is InChI=1S/C35H31F9N2O/c1-2-3-4-5-19-6-8-20(9-7-19)23-17-45-34(46-18-23)21-10-11-25(26(36)12-21)22-13-29(39)32(30(40)14-22)35(43,44)47-24-15-27(37)31(33(41)42)28(38)16-24/h10-20,33H,2-9H2,1H3. The van der Waals surface area contributed by atoms with E-state index in [0.717, 1.165) is 43.2 Å². The Kier molecular flexibility index (Phi) is 10.5. The topological polar surface area (TPSA) is 35.0 Å². The molecule has 0 saturated heterocycles. The van der Waals surface area contributed by atoms with Gasteiger partial charge in [-0.3, -0.25) is 0 Å². The van der Waals surface area contributed by atoms with Crippen molar-refractivity contribution in [3.8, 4) is 28.3 Å². The van der Waals surface area contributed by atoms with Gasteiger partial charge in [-0.2, -0.15) is 8.78 Å². The Morgan fingerprint density at radius 3 is 1.91 bits per heavy atom. The Morgan fingerprint density at radius 2 is 1.36 bits per heavy atom. The number of aromatic nitrogens is 2. The average Bonchev–Trinajstić information content (AvgIpc) is 3.00. The van der Waals surface area contributed by atoms with Crippen LogP contribution in [0.4, 0.5) is 39.5 Å². The number of hydrogen-bond acceptors (Lipinski definition) is 3. The molecule has 0 unspecified atom stereocenters. The molecule has 1 heterocycles. The van der Waals surface area contributed by atoms with E-state index in [9.17, 15) is 35.1 Å². The number of unbranched alkanes of at least 4 members (excludes halogenated alkanes) is 2. The van der Waals surface area contributed by atoms with Gasteiger partial charge in [-0.15, -0.1) is 0 Å². The fourth-order valence-electron chi connectivity index (χ4n) is 6.09. The largest absolute Gasteiger partial charge is 0.432 e. The predicted molar refractivity (Wildman–Crippen MR) is 157 cm³/mol. The molecule has 12 heteroatoms. The number of ether oxygens (including phenoxy) is 1. The molecule has 3 nitrogen and oxygen atoms in total. The van der Waals surface area contributed by atoms with Gasteiger partial charge in [0.2, 0.25) is 0 Å². The van der Waals surface area contributed by atoms with E-state index < -0.39 is 64.1 Å². The molecule has 47 heavy (non-hydrogen) atoms. The fraction of sp³-hybridized carbons (Fsp3) is 0.371. The van der Waals surface area contributed by atoms with Gasteiger partial charge in [0.05, 0.1) is 5.56 Å². The molecule has 1 saturated carbocycles. The lowest BCUT2D eigenvalue weighted by molar-refractivity contribution is -0.189. The third-order valence-electron chi connectivity index (χ3n) is 8.59. The summed E-state index contributed by atoms with van der Waals surface area (Å²) in [5.74, 6) is -8.39. The van der Waals surface area contributed by atoms with Crippen LogP contribution in [0.15, 0.2) is 54.9 Å². The van der Waals surface area contributed by atoms with Crippen molar-refractivity contribution < 1.29 is 44.3 Å². The van der Waals surface area contributed by atoms with E-state index in [2.05, 4.69) is 21.6 Å². The van der Waals surface area contributed by atoms with Crippen LogP contribution in [0.1, 0.15) is 87.3 Å². The summed E-state index contributed by atoms with van der Waals surface area (Å²) in [5.41, 5.74) is -3.07. The van der Waals surface area contributed by atoms with Gasteiger partial charge in [0.15, 0.2) is 5.82 Å². The Bertz CT molecular complexity index is 1660. The summed E-state index contributed by atoms with van der Waals surface area (Å²) in [7, 11) is 0. The highest BCUT2D eigenvalue weighted by Gasteiger charge is 2.42. The van der Waals surface area contributed by atoms with Crippen molar-refractivity contribution in [3.63, 3.8) is 0 Å². The second-order valence-corrected chi connectivity index (χ2v) is 11.8. The van der Waals surface area contributed by atoms with Crippen LogP contribution in [0.25, 0.3) is 22.5 Å². The number of rotatable bonds is 11. The van der Waals surface area contributed by atoms with Gasteiger partial charge in [-0.25, -0.2) is 40.7 Å². The molecule has 0 N–H and O–H groups in total. The number of benzene rings is 3. The second kappa shape index (κ2) is 14.4. The minimum Gasteiger partial charge on any atom is -0.429 e. The molecule has 0 radical (unpaired) electrons. The van der Waals surface area contributed by atoms with Crippen LogP contribution in [0.3, 0.4) is 0 Å². The highest BCUT2D eigenvalue weighted by atomic mass is 19.3. The Balaban J connectivity index is 1.30. The predicted octanol–water partition coefficient (Wildman–Crippen LogP) is 11.4. The number of nitrogens with zero attached hydrogens (tertiary/aromatic N) is 2. The first-order valence-electron chi connectivity index (χ1n) is 15.3. The monoisotopic (exact) mass is 666 g/mol. The zero-order valence-electron chi connectivity index (χ0n) is 25.3. The molecular weight excluding hydrogens is 635 g/mol. The van der Waals surface area contributed by atoms with Crippen molar-refractivity contribution >= 4 is 0 Å². The molecule has 0 spiro atoms. The van der Waals surface area contributed by atoms with Crippen LogP contribution < -0.4 is 4.74 Å². The van der Waals surface area contributed by atoms with Crippen LogP contribution in [-0.4, -0.2) is 9.97 Å². The first-order chi connectivity index (χ1) is 22.4. The molecular formula is C35H31F9N2O. The third kappa shape index (κ3) is 7.73. The van der Waals surface area contributed by atoms with E-state index in [-0.39, 0.29) is 29.1 Å². The summed E-state index contributed by atoms with van der Waals surface area (Å²) >= 11 is 0. The maximum absolute atomic E-state index is 15.2. The van der Waals surface area contributed by atoms with E-state index >= 15 is 4.39 Å². The molecule has 0 atom stereocenters. The lowest BCUT2D eigenvalue weighted by atomic mass is 9.77. The number of hydrogen-bond donors (Lipinski definition) is 0. The highest BCUT2D eigenvalue weighted by Crippen LogP contribution is 2.40. The number of halogens is 9. The molecule has 0 bridgehead atoms. The summed E-state index contributed by atoms with van der Waals surface area (Å²) in [6.45, 7) is 2.19. The van der Waals surface area contributed by atoms with E-state index in [0.29, 0.717) is 18.1 Å². The van der Waals surface area contributed by atoms with E-state index in [1.165, 1.54) is 37.8 Å². The molecule has 1 fully saturated rings. The maximum Gasteiger partial charge on any atom is 0.432 e. The first-order valence-corrected chi connectivity index (χ1v) is 15.3. The van der Waals surface area contributed by atoms with Gasteiger partial charge < -0.3 is 4.74 Å². The van der Waals surface area contributed by atoms with Gasteiger partial charge in [-0.1, -0.05) is 44.7 Å². The van der Waals surface area contributed by atoms with E-state index in [1.807, 2.05) is 0 Å². The van der Waals surface area contributed by atoms with E-state index in [1.54, 1.807) is 12.4 Å². The molecule has 250 valence electrons.